The van der Waals surface area contributed by atoms with Crippen LogP contribution in [0.4, 0.5) is 0 Å². The van der Waals surface area contributed by atoms with E-state index in [0.717, 1.165) is 5.56 Å². The first-order chi connectivity index (χ1) is 7.56. The third-order valence-electron chi connectivity index (χ3n) is 2.00. The van der Waals surface area contributed by atoms with Gasteiger partial charge in [-0.3, -0.25) is 9.59 Å². The molecule has 0 fully saturated rings. The summed E-state index contributed by atoms with van der Waals surface area (Å²) >= 11 is 3.43. The molecule has 1 unspecified atom stereocenters. The normalized spacial score (nSPS) is 11.9. The number of alkyl halides is 1. The van der Waals surface area contributed by atoms with Gasteiger partial charge in [0.25, 0.3) is 5.91 Å². The lowest BCUT2D eigenvalue weighted by molar-refractivity contribution is -0.139. The van der Waals surface area contributed by atoms with Gasteiger partial charge in [0.05, 0.1) is 12.7 Å². The molecular formula is C10H12INO3S. The molecule has 1 atom stereocenters. The lowest BCUT2D eigenvalue weighted by Gasteiger charge is -2.08. The third kappa shape index (κ3) is 3.44. The van der Waals surface area contributed by atoms with E-state index in [2.05, 4.69) is 10.1 Å². The number of carbonyl (C=O) groups is 2. The Kier molecular flexibility index (Phi) is 5.20. The van der Waals surface area contributed by atoms with Gasteiger partial charge in [-0.1, -0.05) is 22.6 Å². The number of hydrogen-bond acceptors (Lipinski definition) is 4. The van der Waals surface area contributed by atoms with Crippen LogP contribution in [-0.2, 0) is 9.53 Å². The van der Waals surface area contributed by atoms with Crippen molar-refractivity contribution in [2.24, 2.45) is 0 Å². The van der Waals surface area contributed by atoms with Gasteiger partial charge < -0.3 is 10.1 Å². The highest BCUT2D eigenvalue weighted by atomic mass is 127. The van der Waals surface area contributed by atoms with Crippen LogP contribution in [0.2, 0.25) is 0 Å². The zero-order valence-electron chi connectivity index (χ0n) is 8.95. The summed E-state index contributed by atoms with van der Waals surface area (Å²) in [5.41, 5.74) is 1.61. The minimum atomic E-state index is -0.356. The van der Waals surface area contributed by atoms with E-state index >= 15 is 0 Å². The first-order valence-electron chi connectivity index (χ1n) is 4.59. The van der Waals surface area contributed by atoms with E-state index in [0.29, 0.717) is 5.56 Å². The number of amides is 1. The SMILES string of the molecule is COC(=O)C(I)CNC(=O)c1cscc1C. The lowest BCUT2D eigenvalue weighted by Crippen LogP contribution is -2.33. The standard InChI is InChI=1S/C10H12INO3S/c1-6-4-16-5-7(6)9(13)12-3-8(11)10(14)15-2/h4-5,8H,3H2,1-2H3,(H,12,13). The minimum absolute atomic E-state index is 0.149. The largest absolute Gasteiger partial charge is 0.468 e. The van der Waals surface area contributed by atoms with Crippen molar-refractivity contribution in [1.29, 1.82) is 0 Å². The predicted octanol–water partition coefficient (Wildman–Crippen LogP) is 1.76. The average molecular weight is 353 g/mol. The Morgan fingerprint density at radius 1 is 1.56 bits per heavy atom. The van der Waals surface area contributed by atoms with Crippen LogP contribution < -0.4 is 5.32 Å². The molecule has 1 N–H and O–H groups in total. The van der Waals surface area contributed by atoms with Crippen molar-refractivity contribution in [2.45, 2.75) is 10.8 Å². The van der Waals surface area contributed by atoms with Crippen molar-refractivity contribution in [2.75, 3.05) is 13.7 Å². The molecule has 4 nitrogen and oxygen atoms in total. The van der Waals surface area contributed by atoms with Crippen LogP contribution in [0.15, 0.2) is 10.8 Å². The number of nitrogens with one attached hydrogen (secondary N) is 1. The first-order valence-corrected chi connectivity index (χ1v) is 6.78. The number of hydrogen-bond donors (Lipinski definition) is 1. The molecule has 0 aliphatic heterocycles. The van der Waals surface area contributed by atoms with Gasteiger partial charge in [-0.15, -0.1) is 0 Å². The molecule has 1 rings (SSSR count). The van der Waals surface area contributed by atoms with Crippen LogP contribution in [0.25, 0.3) is 0 Å². The monoisotopic (exact) mass is 353 g/mol. The zero-order valence-corrected chi connectivity index (χ0v) is 11.9. The van der Waals surface area contributed by atoms with Crippen LogP contribution in [0.5, 0.6) is 0 Å². The summed E-state index contributed by atoms with van der Waals surface area (Å²) in [6.45, 7) is 2.16. The summed E-state index contributed by atoms with van der Waals surface area (Å²) < 4.78 is 4.21. The summed E-state index contributed by atoms with van der Waals surface area (Å²) in [5.74, 6) is -0.479. The van der Waals surface area contributed by atoms with Gasteiger partial charge in [0, 0.05) is 11.9 Å². The Hall–Kier alpha value is -0.630. The molecular weight excluding hydrogens is 341 g/mol. The van der Waals surface area contributed by atoms with Crippen LogP contribution in [0, 0.1) is 6.92 Å². The van der Waals surface area contributed by atoms with Crippen molar-refractivity contribution in [1.82, 2.24) is 5.32 Å². The number of rotatable bonds is 4. The van der Waals surface area contributed by atoms with Crippen molar-refractivity contribution in [3.63, 3.8) is 0 Å². The fraction of sp³-hybridized carbons (Fsp3) is 0.400. The van der Waals surface area contributed by atoms with E-state index in [-0.39, 0.29) is 22.3 Å². The Labute approximate surface area is 112 Å². The molecule has 88 valence electrons. The molecule has 0 aliphatic carbocycles. The number of methoxy groups -OCH3 is 1. The molecule has 0 radical (unpaired) electrons. The third-order valence-corrected chi connectivity index (χ3v) is 3.81. The molecule has 1 amide bonds. The summed E-state index contributed by atoms with van der Waals surface area (Å²) in [6, 6.07) is 0. The molecule has 1 aromatic rings. The summed E-state index contributed by atoms with van der Waals surface area (Å²) in [7, 11) is 1.33. The Bertz CT molecular complexity index is 391. The highest BCUT2D eigenvalue weighted by molar-refractivity contribution is 14.1. The molecule has 0 saturated carbocycles. The number of halogens is 1. The fourth-order valence-corrected chi connectivity index (χ4v) is 2.38. The quantitative estimate of drug-likeness (QED) is 0.510. The van der Waals surface area contributed by atoms with Crippen LogP contribution >= 0.6 is 33.9 Å². The summed E-state index contributed by atoms with van der Waals surface area (Å²) in [4.78, 5) is 22.8. The molecule has 0 bridgehead atoms. The second kappa shape index (κ2) is 6.19. The number of thiophene rings is 1. The van der Waals surface area contributed by atoms with Gasteiger partial charge in [-0.05, 0) is 17.9 Å². The topological polar surface area (TPSA) is 55.4 Å². The van der Waals surface area contributed by atoms with Crippen molar-refractivity contribution >= 4 is 45.8 Å². The molecule has 0 saturated heterocycles. The molecule has 0 aliphatic rings. The lowest BCUT2D eigenvalue weighted by atomic mass is 10.2. The van der Waals surface area contributed by atoms with Crippen LogP contribution in [0.3, 0.4) is 0 Å². The fourth-order valence-electron chi connectivity index (χ4n) is 1.08. The van der Waals surface area contributed by atoms with E-state index < -0.39 is 0 Å². The van der Waals surface area contributed by atoms with Gasteiger partial charge in [-0.2, -0.15) is 11.3 Å². The Balaban J connectivity index is 2.48. The van der Waals surface area contributed by atoms with Crippen LogP contribution in [0.1, 0.15) is 15.9 Å². The average Bonchev–Trinajstić information content (AvgIpc) is 2.70. The van der Waals surface area contributed by atoms with E-state index in [9.17, 15) is 9.59 Å². The zero-order chi connectivity index (χ0) is 12.1. The maximum absolute atomic E-state index is 11.7. The Morgan fingerprint density at radius 3 is 2.75 bits per heavy atom. The van der Waals surface area contributed by atoms with E-state index in [1.165, 1.54) is 18.4 Å². The number of carbonyl (C=O) groups excluding carboxylic acids is 2. The smallest absolute Gasteiger partial charge is 0.320 e. The van der Waals surface area contributed by atoms with E-state index in [1.807, 2.05) is 34.9 Å². The highest BCUT2D eigenvalue weighted by Gasteiger charge is 2.17. The minimum Gasteiger partial charge on any atom is -0.468 e. The molecule has 16 heavy (non-hydrogen) atoms. The van der Waals surface area contributed by atoms with Gasteiger partial charge in [0.2, 0.25) is 0 Å². The molecule has 6 heteroatoms. The van der Waals surface area contributed by atoms with Crippen molar-refractivity contribution in [3.8, 4) is 0 Å². The number of aryl methyl sites for hydroxylation is 1. The first kappa shape index (κ1) is 13.4. The van der Waals surface area contributed by atoms with Gasteiger partial charge in [0.1, 0.15) is 3.92 Å². The van der Waals surface area contributed by atoms with Crippen molar-refractivity contribution in [3.05, 3.63) is 21.9 Å². The maximum atomic E-state index is 11.7. The molecule has 1 aromatic heterocycles. The molecule has 0 spiro atoms. The van der Waals surface area contributed by atoms with Gasteiger partial charge in [0.15, 0.2) is 0 Å². The predicted molar refractivity (Wildman–Crippen MR) is 71.2 cm³/mol. The number of esters is 1. The molecule has 1 heterocycles. The van der Waals surface area contributed by atoms with Gasteiger partial charge >= 0.3 is 5.97 Å². The summed E-state index contributed by atoms with van der Waals surface area (Å²) in [6.07, 6.45) is 0. The van der Waals surface area contributed by atoms with E-state index in [1.54, 1.807) is 5.38 Å². The second-order valence-corrected chi connectivity index (χ2v) is 5.42. The van der Waals surface area contributed by atoms with Gasteiger partial charge in [-0.25, -0.2) is 0 Å². The van der Waals surface area contributed by atoms with Crippen LogP contribution in [-0.4, -0.2) is 29.5 Å². The highest BCUT2D eigenvalue weighted by Crippen LogP contribution is 2.13. The maximum Gasteiger partial charge on any atom is 0.320 e. The second-order valence-electron chi connectivity index (χ2n) is 3.17. The van der Waals surface area contributed by atoms with Crippen molar-refractivity contribution < 1.29 is 14.3 Å². The number of ether oxygens (including phenoxy) is 1. The summed E-state index contributed by atoms with van der Waals surface area (Å²) in [5, 5.41) is 6.41. The Morgan fingerprint density at radius 2 is 2.25 bits per heavy atom. The molecule has 0 aromatic carbocycles. The van der Waals surface area contributed by atoms with E-state index in [4.69, 9.17) is 0 Å².